The van der Waals surface area contributed by atoms with Gasteiger partial charge < -0.3 is 5.73 Å². The van der Waals surface area contributed by atoms with Crippen molar-refractivity contribution in [2.75, 3.05) is 38.5 Å². The Hall–Kier alpha value is -3.35. The quantitative estimate of drug-likeness (QED) is 0.485. The number of anilines is 1. The molecule has 0 unspecified atom stereocenters. The van der Waals surface area contributed by atoms with Crippen LogP contribution in [0.25, 0.3) is 10.9 Å². The Bertz CT molecular complexity index is 1520. The van der Waals surface area contributed by atoms with Crippen molar-refractivity contribution >= 4 is 32.5 Å². The summed E-state index contributed by atoms with van der Waals surface area (Å²) in [5.41, 5.74) is 5.64. The molecule has 0 bridgehead atoms. The molecule has 0 amide bonds. The van der Waals surface area contributed by atoms with Crippen LogP contribution in [0.3, 0.4) is 0 Å². The molecular weight excluding hydrogens is 460 g/mol. The molecule has 0 saturated carbocycles. The number of fused-ring (bicyclic) bond motifs is 1. The molecule has 1 saturated heterocycles. The number of Topliss-reactive ketones (excluding diaryl/α,β-unsaturated/α-hetero) is 1. The fourth-order valence-electron chi connectivity index (χ4n) is 4.12. The zero-order valence-corrected chi connectivity index (χ0v) is 20.0. The Morgan fingerprint density at radius 1 is 1.09 bits per heavy atom. The number of sulfonamides is 1. The van der Waals surface area contributed by atoms with Gasteiger partial charge >= 0.3 is 5.69 Å². The summed E-state index contributed by atoms with van der Waals surface area (Å²) in [5.74, 6) is -0.698. The van der Waals surface area contributed by atoms with E-state index in [4.69, 9.17) is 5.73 Å². The van der Waals surface area contributed by atoms with E-state index in [0.29, 0.717) is 18.6 Å². The number of benzene rings is 1. The summed E-state index contributed by atoms with van der Waals surface area (Å²) in [5, 5.41) is 0.752. The number of nitrogen functional groups attached to an aromatic ring is 1. The van der Waals surface area contributed by atoms with E-state index in [1.807, 2.05) is 19.1 Å². The number of carbonyl (C=O) groups is 1. The molecule has 34 heavy (non-hydrogen) atoms. The Balaban J connectivity index is 1.51. The number of hydrogen-bond donors (Lipinski definition) is 1. The molecule has 1 aliphatic rings. The molecule has 0 aliphatic carbocycles. The number of carbonyl (C=O) groups excluding carboxylic acids is 1. The van der Waals surface area contributed by atoms with Gasteiger partial charge in [-0.3, -0.25) is 28.6 Å². The van der Waals surface area contributed by atoms with Crippen LogP contribution in [-0.2, 0) is 24.1 Å². The lowest BCUT2D eigenvalue weighted by Crippen LogP contribution is -2.50. The number of ketones is 1. The van der Waals surface area contributed by atoms with Crippen molar-refractivity contribution in [1.82, 2.24) is 23.3 Å². The van der Waals surface area contributed by atoms with Crippen LogP contribution in [-0.4, -0.2) is 70.2 Å². The van der Waals surface area contributed by atoms with Crippen LogP contribution in [0.4, 0.5) is 5.82 Å². The van der Waals surface area contributed by atoms with Gasteiger partial charge in [-0.15, -0.1) is 0 Å². The number of aryl methyl sites for hydroxylation is 1. The normalized spacial score (nSPS) is 15.6. The second-order valence-electron chi connectivity index (χ2n) is 8.41. The molecule has 4 rings (SSSR count). The molecule has 1 aromatic carbocycles. The maximum atomic E-state index is 13.3. The van der Waals surface area contributed by atoms with E-state index in [-0.39, 0.29) is 35.9 Å². The minimum absolute atomic E-state index is 0.110. The van der Waals surface area contributed by atoms with Gasteiger partial charge in [-0.05, 0) is 24.6 Å². The van der Waals surface area contributed by atoms with Gasteiger partial charge in [-0.2, -0.15) is 4.31 Å². The maximum absolute atomic E-state index is 13.3. The van der Waals surface area contributed by atoms with E-state index < -0.39 is 27.1 Å². The highest BCUT2D eigenvalue weighted by molar-refractivity contribution is 7.89. The third kappa shape index (κ3) is 4.04. The number of rotatable bonds is 5. The topological polar surface area (TPSA) is 141 Å². The maximum Gasteiger partial charge on any atom is 0.332 e. The molecule has 3 heterocycles. The summed E-state index contributed by atoms with van der Waals surface area (Å²) in [7, 11) is -1.11. The molecule has 2 aromatic heterocycles. The molecule has 1 fully saturated rings. The SMILES string of the molecule is Cc1cnc2c(S(=O)(=O)N3CCN(CC(=O)c4c(N)n(C)c(=O)n(C)c4=O)CC3)cccc2c1. The zero-order valence-electron chi connectivity index (χ0n) is 19.2. The minimum Gasteiger partial charge on any atom is -0.384 e. The standard InChI is InChI=1S/C22H26N6O5S/c1-14-11-15-5-4-6-17(19(15)24-12-14)34(32,33)28-9-7-27(8-10-28)13-16(29)18-20(23)25(2)22(31)26(3)21(18)30/h4-6,11-12H,7-10,13,23H2,1-3H3. The molecular formula is C22H26N6O5S. The van der Waals surface area contributed by atoms with E-state index >= 15 is 0 Å². The van der Waals surface area contributed by atoms with E-state index in [1.54, 1.807) is 23.2 Å². The zero-order chi connectivity index (χ0) is 24.8. The Labute approximate surface area is 196 Å². The van der Waals surface area contributed by atoms with E-state index in [0.717, 1.165) is 20.1 Å². The van der Waals surface area contributed by atoms with Gasteiger partial charge in [-0.25, -0.2) is 13.2 Å². The molecule has 11 nitrogen and oxygen atoms in total. The van der Waals surface area contributed by atoms with Gasteiger partial charge in [0.1, 0.15) is 16.3 Å². The van der Waals surface area contributed by atoms with E-state index in [1.165, 1.54) is 18.4 Å². The first-order valence-electron chi connectivity index (χ1n) is 10.7. The number of nitrogens with two attached hydrogens (primary N) is 1. The molecule has 3 aromatic rings. The smallest absolute Gasteiger partial charge is 0.332 e. The van der Waals surface area contributed by atoms with Crippen LogP contribution in [0, 0.1) is 6.92 Å². The molecule has 2 N–H and O–H groups in total. The van der Waals surface area contributed by atoms with Crippen LogP contribution in [0.15, 0.2) is 44.9 Å². The molecule has 0 spiro atoms. The lowest BCUT2D eigenvalue weighted by Gasteiger charge is -2.33. The van der Waals surface area contributed by atoms with Crippen LogP contribution in [0.1, 0.15) is 15.9 Å². The molecule has 1 aliphatic heterocycles. The number of hydrogen-bond acceptors (Lipinski definition) is 8. The predicted octanol–water partition coefficient (Wildman–Crippen LogP) is -0.288. The van der Waals surface area contributed by atoms with Crippen molar-refractivity contribution in [2.24, 2.45) is 14.1 Å². The highest BCUT2D eigenvalue weighted by Crippen LogP contribution is 2.25. The fourth-order valence-corrected chi connectivity index (χ4v) is 5.71. The van der Waals surface area contributed by atoms with Gasteiger partial charge in [0.05, 0.1) is 12.1 Å². The highest BCUT2D eigenvalue weighted by Gasteiger charge is 2.31. The summed E-state index contributed by atoms with van der Waals surface area (Å²) < 4.78 is 30.0. The lowest BCUT2D eigenvalue weighted by atomic mass is 10.1. The second-order valence-corrected chi connectivity index (χ2v) is 10.3. The van der Waals surface area contributed by atoms with Crippen molar-refractivity contribution in [2.45, 2.75) is 11.8 Å². The van der Waals surface area contributed by atoms with E-state index in [2.05, 4.69) is 4.98 Å². The first-order valence-corrected chi connectivity index (χ1v) is 12.1. The summed E-state index contributed by atoms with van der Waals surface area (Å²) >= 11 is 0. The highest BCUT2D eigenvalue weighted by atomic mass is 32.2. The van der Waals surface area contributed by atoms with Crippen molar-refractivity contribution in [3.05, 3.63) is 62.4 Å². The predicted molar refractivity (Wildman–Crippen MR) is 127 cm³/mol. The summed E-state index contributed by atoms with van der Waals surface area (Å²) in [6.07, 6.45) is 1.64. The summed E-state index contributed by atoms with van der Waals surface area (Å²) in [6.45, 7) is 2.74. The van der Waals surface area contributed by atoms with Gasteiger partial charge in [0.2, 0.25) is 10.0 Å². The van der Waals surface area contributed by atoms with Crippen molar-refractivity contribution in [3.63, 3.8) is 0 Å². The summed E-state index contributed by atoms with van der Waals surface area (Å²) in [6, 6.07) is 6.96. The van der Waals surface area contributed by atoms with Crippen molar-refractivity contribution in [3.8, 4) is 0 Å². The first kappa shape index (κ1) is 23.8. The Morgan fingerprint density at radius 2 is 1.76 bits per heavy atom. The van der Waals surface area contributed by atoms with Gasteiger partial charge in [0.15, 0.2) is 5.78 Å². The average Bonchev–Trinajstić information content (AvgIpc) is 2.81. The third-order valence-electron chi connectivity index (χ3n) is 6.12. The van der Waals surface area contributed by atoms with Crippen LogP contribution >= 0.6 is 0 Å². The average molecular weight is 487 g/mol. The molecule has 0 radical (unpaired) electrons. The number of aromatic nitrogens is 3. The van der Waals surface area contributed by atoms with Gasteiger partial charge in [-0.1, -0.05) is 12.1 Å². The van der Waals surface area contributed by atoms with Crippen molar-refractivity contribution < 1.29 is 13.2 Å². The second kappa shape index (κ2) is 8.78. The number of para-hydroxylation sites is 1. The largest absolute Gasteiger partial charge is 0.384 e. The lowest BCUT2D eigenvalue weighted by molar-refractivity contribution is 0.0899. The van der Waals surface area contributed by atoms with Crippen molar-refractivity contribution in [1.29, 1.82) is 0 Å². The fraction of sp³-hybridized carbons (Fsp3) is 0.364. The van der Waals surface area contributed by atoms with Gasteiger partial charge in [0, 0.05) is 51.9 Å². The molecule has 180 valence electrons. The number of nitrogens with zero attached hydrogens (tertiary/aromatic N) is 5. The van der Waals surface area contributed by atoms with Crippen LogP contribution in [0.2, 0.25) is 0 Å². The van der Waals surface area contributed by atoms with Crippen LogP contribution in [0.5, 0.6) is 0 Å². The van der Waals surface area contributed by atoms with Gasteiger partial charge in [0.25, 0.3) is 5.56 Å². The Kier molecular flexibility index (Phi) is 6.14. The van der Waals surface area contributed by atoms with Crippen LogP contribution < -0.4 is 17.0 Å². The van der Waals surface area contributed by atoms with E-state index in [9.17, 15) is 22.8 Å². The number of piperazine rings is 1. The third-order valence-corrected chi connectivity index (χ3v) is 8.05. The molecule has 0 atom stereocenters. The summed E-state index contributed by atoms with van der Waals surface area (Å²) in [4.78, 5) is 43.5. The minimum atomic E-state index is -3.79. The monoisotopic (exact) mass is 486 g/mol. The first-order chi connectivity index (χ1) is 16.0. The number of pyridine rings is 1. The Morgan fingerprint density at radius 3 is 2.44 bits per heavy atom. The molecule has 12 heteroatoms.